The SMILES string of the molecule is CCOC(=O)Oc1ccc(C(=O)NCc2ccccc2NC(=O)C=C2CCOCC2)cc1. The Hall–Kier alpha value is -3.65. The van der Waals surface area contributed by atoms with E-state index in [2.05, 4.69) is 10.6 Å². The van der Waals surface area contributed by atoms with Crippen LogP contribution in [0.25, 0.3) is 0 Å². The molecule has 1 saturated heterocycles. The summed E-state index contributed by atoms with van der Waals surface area (Å²) in [4.78, 5) is 36.2. The molecule has 0 aliphatic carbocycles. The summed E-state index contributed by atoms with van der Waals surface area (Å²) < 4.78 is 15.0. The van der Waals surface area contributed by atoms with Crippen molar-refractivity contribution < 1.29 is 28.6 Å². The highest BCUT2D eigenvalue weighted by Gasteiger charge is 2.12. The first-order valence-corrected chi connectivity index (χ1v) is 10.4. The van der Waals surface area contributed by atoms with Gasteiger partial charge in [0.1, 0.15) is 5.75 Å². The average Bonchev–Trinajstić information content (AvgIpc) is 2.79. The molecule has 2 aromatic rings. The van der Waals surface area contributed by atoms with E-state index in [1.54, 1.807) is 31.2 Å². The van der Waals surface area contributed by atoms with Crippen LogP contribution in [0.4, 0.5) is 10.5 Å². The van der Waals surface area contributed by atoms with Crippen molar-refractivity contribution in [3.8, 4) is 5.75 Å². The van der Waals surface area contributed by atoms with Gasteiger partial charge < -0.3 is 24.8 Å². The molecule has 0 atom stereocenters. The lowest BCUT2D eigenvalue weighted by atomic mass is 10.1. The Morgan fingerprint density at radius 2 is 1.75 bits per heavy atom. The Morgan fingerprint density at radius 3 is 2.47 bits per heavy atom. The van der Waals surface area contributed by atoms with E-state index in [4.69, 9.17) is 14.2 Å². The topological polar surface area (TPSA) is 103 Å². The second-order valence-electron chi connectivity index (χ2n) is 7.05. The predicted octanol–water partition coefficient (Wildman–Crippen LogP) is 3.83. The molecular weight excluding hydrogens is 412 g/mol. The molecule has 1 aliphatic rings. The Labute approximate surface area is 186 Å². The van der Waals surface area contributed by atoms with Crippen LogP contribution in [0.2, 0.25) is 0 Å². The number of rotatable bonds is 7. The quantitative estimate of drug-likeness (QED) is 0.387. The molecule has 0 bridgehead atoms. The maximum atomic E-state index is 12.5. The maximum Gasteiger partial charge on any atom is 0.513 e. The first-order valence-electron chi connectivity index (χ1n) is 10.4. The van der Waals surface area contributed by atoms with E-state index in [9.17, 15) is 14.4 Å². The molecule has 1 aliphatic heterocycles. The Balaban J connectivity index is 1.57. The highest BCUT2D eigenvalue weighted by molar-refractivity contribution is 6.00. The number of hydrogen-bond donors (Lipinski definition) is 2. The molecule has 2 aromatic carbocycles. The van der Waals surface area contributed by atoms with Crippen LogP contribution < -0.4 is 15.4 Å². The van der Waals surface area contributed by atoms with Crippen LogP contribution >= 0.6 is 0 Å². The molecule has 8 heteroatoms. The Morgan fingerprint density at radius 1 is 1.03 bits per heavy atom. The van der Waals surface area contributed by atoms with Crippen molar-refractivity contribution in [2.75, 3.05) is 25.1 Å². The second kappa shape index (κ2) is 11.7. The molecule has 8 nitrogen and oxygen atoms in total. The van der Waals surface area contributed by atoms with Crippen molar-refractivity contribution >= 4 is 23.7 Å². The molecule has 2 amide bonds. The lowest BCUT2D eigenvalue weighted by Crippen LogP contribution is -2.23. The van der Waals surface area contributed by atoms with Gasteiger partial charge in [-0.15, -0.1) is 0 Å². The zero-order valence-corrected chi connectivity index (χ0v) is 17.9. The number of para-hydroxylation sites is 1. The number of amides is 2. The van der Waals surface area contributed by atoms with Gasteiger partial charge in [0.05, 0.1) is 19.8 Å². The zero-order chi connectivity index (χ0) is 22.8. The van der Waals surface area contributed by atoms with Crippen LogP contribution in [-0.4, -0.2) is 37.8 Å². The van der Waals surface area contributed by atoms with E-state index in [0.29, 0.717) is 24.5 Å². The summed E-state index contributed by atoms with van der Waals surface area (Å²) >= 11 is 0. The van der Waals surface area contributed by atoms with Gasteiger partial charge in [-0.2, -0.15) is 0 Å². The number of anilines is 1. The van der Waals surface area contributed by atoms with Crippen LogP contribution in [-0.2, 0) is 20.8 Å². The van der Waals surface area contributed by atoms with Crippen LogP contribution in [0, 0.1) is 0 Å². The fourth-order valence-corrected chi connectivity index (χ4v) is 3.12. The molecule has 0 aromatic heterocycles. The number of carbonyl (C=O) groups is 3. The lowest BCUT2D eigenvalue weighted by molar-refractivity contribution is -0.112. The minimum atomic E-state index is -0.796. The van der Waals surface area contributed by atoms with Crippen LogP contribution in [0.5, 0.6) is 5.75 Å². The van der Waals surface area contributed by atoms with Crippen molar-refractivity contribution in [1.82, 2.24) is 5.32 Å². The fraction of sp³-hybridized carbons (Fsp3) is 0.292. The average molecular weight is 438 g/mol. The van der Waals surface area contributed by atoms with Crippen molar-refractivity contribution in [1.29, 1.82) is 0 Å². The Kier molecular flexibility index (Phi) is 8.39. The third kappa shape index (κ3) is 6.95. The van der Waals surface area contributed by atoms with Crippen molar-refractivity contribution in [2.24, 2.45) is 0 Å². The minimum absolute atomic E-state index is 0.196. The Bertz CT molecular complexity index is 976. The summed E-state index contributed by atoms with van der Waals surface area (Å²) in [5.74, 6) is -0.206. The fourth-order valence-electron chi connectivity index (χ4n) is 3.12. The number of nitrogens with one attached hydrogen (secondary N) is 2. The van der Waals surface area contributed by atoms with Crippen LogP contribution in [0.15, 0.2) is 60.2 Å². The zero-order valence-electron chi connectivity index (χ0n) is 17.9. The lowest BCUT2D eigenvalue weighted by Gasteiger charge is -2.15. The molecule has 0 unspecified atom stereocenters. The number of carbonyl (C=O) groups excluding carboxylic acids is 3. The predicted molar refractivity (Wildman–Crippen MR) is 118 cm³/mol. The van der Waals surface area contributed by atoms with Crippen molar-refractivity contribution in [3.63, 3.8) is 0 Å². The molecular formula is C24H26N2O6. The monoisotopic (exact) mass is 438 g/mol. The normalized spacial score (nSPS) is 13.1. The molecule has 168 valence electrons. The van der Waals surface area contributed by atoms with Gasteiger partial charge in [-0.05, 0) is 55.7 Å². The third-order valence-corrected chi connectivity index (χ3v) is 4.76. The van der Waals surface area contributed by atoms with Crippen molar-refractivity contribution in [3.05, 3.63) is 71.3 Å². The van der Waals surface area contributed by atoms with Crippen LogP contribution in [0.3, 0.4) is 0 Å². The summed E-state index contributed by atoms with van der Waals surface area (Å²) in [7, 11) is 0. The standard InChI is InChI=1S/C24H26N2O6/c1-2-31-24(29)32-20-9-7-18(8-10-20)23(28)25-16-19-5-3-4-6-21(19)26-22(27)15-17-11-13-30-14-12-17/h3-10,15H,2,11-14,16H2,1H3,(H,25,28)(H,26,27). The van der Waals surface area contributed by atoms with E-state index < -0.39 is 6.16 Å². The summed E-state index contributed by atoms with van der Waals surface area (Å²) in [5, 5.41) is 5.73. The van der Waals surface area contributed by atoms with Crippen LogP contribution in [0.1, 0.15) is 35.7 Å². The molecule has 2 N–H and O–H groups in total. The number of benzene rings is 2. The van der Waals surface area contributed by atoms with Gasteiger partial charge in [-0.25, -0.2) is 4.79 Å². The second-order valence-corrected chi connectivity index (χ2v) is 7.05. The van der Waals surface area contributed by atoms with Gasteiger partial charge >= 0.3 is 6.16 Å². The minimum Gasteiger partial charge on any atom is -0.434 e. The molecule has 0 saturated carbocycles. The van der Waals surface area contributed by atoms with Gasteiger partial charge in [0.25, 0.3) is 5.91 Å². The number of hydrogen-bond acceptors (Lipinski definition) is 6. The molecule has 0 spiro atoms. The molecule has 32 heavy (non-hydrogen) atoms. The first-order chi connectivity index (χ1) is 15.5. The summed E-state index contributed by atoms with van der Waals surface area (Å²) in [6.07, 6.45) is 2.34. The highest BCUT2D eigenvalue weighted by Crippen LogP contribution is 2.18. The molecule has 1 heterocycles. The van der Waals surface area contributed by atoms with Gasteiger partial charge in [0.15, 0.2) is 0 Å². The summed E-state index contributed by atoms with van der Waals surface area (Å²) in [6, 6.07) is 13.4. The van der Waals surface area contributed by atoms with Gasteiger partial charge in [0.2, 0.25) is 5.91 Å². The van der Waals surface area contributed by atoms with E-state index in [-0.39, 0.29) is 30.7 Å². The van der Waals surface area contributed by atoms with E-state index in [0.717, 1.165) is 24.0 Å². The smallest absolute Gasteiger partial charge is 0.434 e. The number of ether oxygens (including phenoxy) is 3. The maximum absolute atomic E-state index is 12.5. The molecule has 1 fully saturated rings. The van der Waals surface area contributed by atoms with E-state index in [1.165, 1.54) is 12.1 Å². The highest BCUT2D eigenvalue weighted by atomic mass is 16.7. The first kappa shape index (κ1) is 23.0. The summed E-state index contributed by atoms with van der Waals surface area (Å²) in [5.41, 5.74) is 2.89. The largest absolute Gasteiger partial charge is 0.513 e. The van der Waals surface area contributed by atoms with E-state index >= 15 is 0 Å². The van der Waals surface area contributed by atoms with Gasteiger partial charge in [-0.1, -0.05) is 23.8 Å². The van der Waals surface area contributed by atoms with E-state index in [1.807, 2.05) is 18.2 Å². The summed E-state index contributed by atoms with van der Waals surface area (Å²) in [6.45, 7) is 3.41. The van der Waals surface area contributed by atoms with Crippen molar-refractivity contribution in [2.45, 2.75) is 26.3 Å². The third-order valence-electron chi connectivity index (χ3n) is 4.76. The molecule has 3 rings (SSSR count). The van der Waals surface area contributed by atoms with Gasteiger partial charge in [0, 0.05) is 23.9 Å². The van der Waals surface area contributed by atoms with Gasteiger partial charge in [-0.3, -0.25) is 9.59 Å². The molecule has 0 radical (unpaired) electrons.